The molecule has 0 bridgehead atoms. The molecule has 1 atom stereocenters. The lowest BCUT2D eigenvalue weighted by molar-refractivity contribution is -0.132. The Morgan fingerprint density at radius 2 is 2.19 bits per heavy atom. The molecule has 164 valence electrons. The van der Waals surface area contributed by atoms with Crippen molar-refractivity contribution in [2.75, 3.05) is 32.1 Å². The van der Waals surface area contributed by atoms with Crippen molar-refractivity contribution in [3.8, 4) is 0 Å². The summed E-state index contributed by atoms with van der Waals surface area (Å²) in [6, 6.07) is 3.67. The zero-order chi connectivity index (χ0) is 21.4. The van der Waals surface area contributed by atoms with Crippen LogP contribution in [0.3, 0.4) is 0 Å². The molecule has 0 aromatic carbocycles. The van der Waals surface area contributed by atoms with E-state index in [4.69, 9.17) is 14.1 Å². The first kappa shape index (κ1) is 20.8. The number of ether oxygens (including phenoxy) is 1. The van der Waals surface area contributed by atoms with Gasteiger partial charge in [0.25, 0.3) is 5.56 Å². The van der Waals surface area contributed by atoms with E-state index in [1.165, 1.54) is 22.2 Å². The molecular formula is C22H25N3O4S2. The Bertz CT molecular complexity index is 1150. The maximum atomic E-state index is 13.6. The van der Waals surface area contributed by atoms with Gasteiger partial charge in [0.15, 0.2) is 5.16 Å². The Balaban J connectivity index is 1.50. The van der Waals surface area contributed by atoms with Crippen LogP contribution in [-0.2, 0) is 28.9 Å². The van der Waals surface area contributed by atoms with E-state index in [2.05, 4.69) is 6.92 Å². The molecule has 1 aliphatic carbocycles. The number of thioether (sulfide) groups is 1. The number of hydrogen-bond donors (Lipinski definition) is 0. The first-order valence-electron chi connectivity index (χ1n) is 10.7. The first-order chi connectivity index (χ1) is 15.1. The Labute approximate surface area is 188 Å². The molecule has 4 heterocycles. The number of thiophene rings is 1. The zero-order valence-corrected chi connectivity index (χ0v) is 19.1. The summed E-state index contributed by atoms with van der Waals surface area (Å²) in [7, 11) is 0. The third kappa shape index (κ3) is 4.18. The lowest BCUT2D eigenvalue weighted by Gasteiger charge is -2.26. The highest BCUT2D eigenvalue weighted by Gasteiger charge is 2.26. The lowest BCUT2D eigenvalue weighted by atomic mass is 9.89. The Morgan fingerprint density at radius 1 is 1.35 bits per heavy atom. The highest BCUT2D eigenvalue weighted by atomic mass is 32.2. The third-order valence-electron chi connectivity index (χ3n) is 5.96. The van der Waals surface area contributed by atoms with E-state index in [1.807, 2.05) is 17.0 Å². The van der Waals surface area contributed by atoms with Crippen molar-refractivity contribution in [2.24, 2.45) is 5.92 Å². The van der Waals surface area contributed by atoms with Gasteiger partial charge in [0.2, 0.25) is 5.91 Å². The van der Waals surface area contributed by atoms with Gasteiger partial charge in [-0.2, -0.15) is 0 Å². The number of furan rings is 1. The van der Waals surface area contributed by atoms with Gasteiger partial charge in [-0.05, 0) is 42.9 Å². The quantitative estimate of drug-likeness (QED) is 0.431. The van der Waals surface area contributed by atoms with Crippen molar-refractivity contribution in [1.29, 1.82) is 0 Å². The van der Waals surface area contributed by atoms with Gasteiger partial charge in [0.1, 0.15) is 10.6 Å². The molecule has 0 saturated carbocycles. The zero-order valence-electron chi connectivity index (χ0n) is 17.5. The number of aryl methyl sites for hydroxylation is 1. The summed E-state index contributed by atoms with van der Waals surface area (Å²) in [4.78, 5) is 35.0. The van der Waals surface area contributed by atoms with Gasteiger partial charge in [-0.3, -0.25) is 14.2 Å². The average Bonchev–Trinajstić information content (AvgIpc) is 3.42. The van der Waals surface area contributed by atoms with Crippen molar-refractivity contribution in [1.82, 2.24) is 14.5 Å². The number of fused-ring (bicyclic) bond motifs is 3. The molecule has 1 unspecified atom stereocenters. The van der Waals surface area contributed by atoms with Crippen LogP contribution in [0.25, 0.3) is 10.2 Å². The predicted molar refractivity (Wildman–Crippen MR) is 121 cm³/mol. The molecule has 1 fully saturated rings. The second-order valence-corrected chi connectivity index (χ2v) is 10.2. The van der Waals surface area contributed by atoms with Gasteiger partial charge in [-0.25, -0.2) is 4.98 Å². The molecule has 1 aliphatic heterocycles. The lowest BCUT2D eigenvalue weighted by Crippen LogP contribution is -2.41. The smallest absolute Gasteiger partial charge is 0.263 e. The minimum atomic E-state index is -0.0326. The van der Waals surface area contributed by atoms with Crippen molar-refractivity contribution in [2.45, 2.75) is 37.9 Å². The molecule has 31 heavy (non-hydrogen) atoms. The molecule has 5 rings (SSSR count). The van der Waals surface area contributed by atoms with Gasteiger partial charge in [-0.15, -0.1) is 11.3 Å². The minimum absolute atomic E-state index is 0.0326. The van der Waals surface area contributed by atoms with Crippen LogP contribution in [0.1, 0.15) is 29.5 Å². The summed E-state index contributed by atoms with van der Waals surface area (Å²) >= 11 is 2.97. The molecule has 2 aliphatic rings. The number of hydrogen-bond acceptors (Lipinski definition) is 7. The van der Waals surface area contributed by atoms with Gasteiger partial charge >= 0.3 is 0 Å². The number of nitrogens with zero attached hydrogens (tertiary/aromatic N) is 3. The van der Waals surface area contributed by atoms with Gasteiger partial charge in [0, 0.05) is 18.0 Å². The van der Waals surface area contributed by atoms with E-state index >= 15 is 0 Å². The fraction of sp³-hybridized carbons (Fsp3) is 0.500. The minimum Gasteiger partial charge on any atom is -0.467 e. The summed E-state index contributed by atoms with van der Waals surface area (Å²) in [6.07, 6.45) is 4.64. The van der Waals surface area contributed by atoms with E-state index < -0.39 is 0 Å². The van der Waals surface area contributed by atoms with E-state index in [-0.39, 0.29) is 17.2 Å². The second kappa shape index (κ2) is 8.80. The first-order valence-corrected chi connectivity index (χ1v) is 12.5. The van der Waals surface area contributed by atoms with Gasteiger partial charge in [0.05, 0.1) is 37.2 Å². The number of aromatic nitrogens is 2. The molecule has 0 radical (unpaired) electrons. The fourth-order valence-corrected chi connectivity index (χ4v) is 6.57. The van der Waals surface area contributed by atoms with Crippen molar-refractivity contribution in [3.05, 3.63) is 45.0 Å². The van der Waals surface area contributed by atoms with Crippen LogP contribution >= 0.6 is 23.1 Å². The van der Waals surface area contributed by atoms with Crippen LogP contribution in [-0.4, -0.2) is 52.4 Å². The van der Waals surface area contributed by atoms with Crippen molar-refractivity contribution < 1.29 is 13.9 Å². The van der Waals surface area contributed by atoms with Crippen molar-refractivity contribution in [3.63, 3.8) is 0 Å². The maximum Gasteiger partial charge on any atom is 0.263 e. The Kier molecular flexibility index (Phi) is 5.90. The fourth-order valence-electron chi connectivity index (χ4n) is 4.24. The van der Waals surface area contributed by atoms with Gasteiger partial charge < -0.3 is 14.1 Å². The number of amides is 1. The van der Waals surface area contributed by atoms with E-state index in [0.717, 1.165) is 29.5 Å². The number of morpholine rings is 1. The number of carbonyl (C=O) groups is 1. The SMILES string of the molecule is CC1CCc2c(sc3nc(SCC(=O)N4CCOCC4)n(Cc4ccco4)c(=O)c23)C1. The van der Waals surface area contributed by atoms with E-state index in [1.54, 1.807) is 22.2 Å². The van der Waals surface area contributed by atoms with Crippen LogP contribution in [0.4, 0.5) is 0 Å². The van der Waals surface area contributed by atoms with E-state index in [0.29, 0.717) is 49.7 Å². The van der Waals surface area contributed by atoms with Crippen LogP contribution in [0.2, 0.25) is 0 Å². The molecular weight excluding hydrogens is 434 g/mol. The van der Waals surface area contributed by atoms with Gasteiger partial charge in [-0.1, -0.05) is 18.7 Å². The molecule has 1 saturated heterocycles. The maximum absolute atomic E-state index is 13.6. The Morgan fingerprint density at radius 3 is 2.97 bits per heavy atom. The molecule has 3 aromatic heterocycles. The van der Waals surface area contributed by atoms with E-state index in [9.17, 15) is 9.59 Å². The number of carbonyl (C=O) groups excluding carboxylic acids is 1. The highest BCUT2D eigenvalue weighted by molar-refractivity contribution is 7.99. The summed E-state index contributed by atoms with van der Waals surface area (Å²) in [5.41, 5.74) is 1.14. The molecule has 0 spiro atoms. The van der Waals surface area contributed by atoms with Crippen LogP contribution in [0.15, 0.2) is 32.8 Å². The normalized spacial score (nSPS) is 19.0. The Hall–Kier alpha value is -2.10. The molecule has 7 nitrogen and oxygen atoms in total. The second-order valence-electron chi connectivity index (χ2n) is 8.18. The molecule has 1 amide bonds. The molecule has 0 N–H and O–H groups in total. The predicted octanol–water partition coefficient (Wildman–Crippen LogP) is 3.18. The van der Waals surface area contributed by atoms with Crippen LogP contribution in [0.5, 0.6) is 0 Å². The largest absolute Gasteiger partial charge is 0.467 e. The molecule has 3 aromatic rings. The average molecular weight is 460 g/mol. The molecule has 9 heteroatoms. The summed E-state index contributed by atoms with van der Waals surface area (Å²) in [5.74, 6) is 1.62. The topological polar surface area (TPSA) is 77.6 Å². The van der Waals surface area contributed by atoms with Crippen molar-refractivity contribution >= 4 is 39.2 Å². The summed E-state index contributed by atoms with van der Waals surface area (Å²) in [6.45, 7) is 4.94. The number of rotatable bonds is 5. The standard InChI is InChI=1S/C22H25N3O4S2/c1-14-4-5-16-17(11-14)31-20-19(16)21(27)25(12-15-3-2-8-29-15)22(23-20)30-13-18(26)24-6-9-28-10-7-24/h2-3,8,14H,4-7,9-13H2,1H3. The van der Waals surface area contributed by atoms with Crippen LogP contribution < -0.4 is 5.56 Å². The third-order valence-corrected chi connectivity index (χ3v) is 8.07. The summed E-state index contributed by atoms with van der Waals surface area (Å²) in [5, 5.41) is 1.32. The van der Waals surface area contributed by atoms with Crippen LogP contribution in [0, 0.1) is 5.92 Å². The highest BCUT2D eigenvalue weighted by Crippen LogP contribution is 2.36. The monoisotopic (exact) mass is 459 g/mol. The summed E-state index contributed by atoms with van der Waals surface area (Å²) < 4.78 is 12.5.